The number of hydrogen-bond acceptors (Lipinski definition) is 4. The number of carbonyl (C=O) groups excluding carboxylic acids is 2. The molecule has 2 aliphatic rings. The first-order valence-corrected chi connectivity index (χ1v) is 13.1. The van der Waals surface area contributed by atoms with Crippen LogP contribution in [-0.2, 0) is 27.7 Å². The van der Waals surface area contributed by atoms with Crippen LogP contribution in [0.1, 0.15) is 48.2 Å². The van der Waals surface area contributed by atoms with Gasteiger partial charge in [0.15, 0.2) is 0 Å². The quantitative estimate of drug-likeness (QED) is 0.621. The van der Waals surface area contributed by atoms with Crippen molar-refractivity contribution >= 4 is 21.8 Å². The van der Waals surface area contributed by atoms with Crippen molar-refractivity contribution in [3.8, 4) is 0 Å². The Bertz CT molecular complexity index is 1160. The van der Waals surface area contributed by atoms with Gasteiger partial charge in [0.05, 0.1) is 4.90 Å². The molecule has 180 valence electrons. The highest BCUT2D eigenvalue weighted by Crippen LogP contribution is 2.30. The van der Waals surface area contributed by atoms with E-state index in [0.29, 0.717) is 18.4 Å². The van der Waals surface area contributed by atoms with E-state index in [-0.39, 0.29) is 40.9 Å². The van der Waals surface area contributed by atoms with Crippen molar-refractivity contribution in [2.24, 2.45) is 0 Å². The zero-order valence-corrected chi connectivity index (χ0v) is 20.3. The first-order chi connectivity index (χ1) is 16.2. The Balaban J connectivity index is 1.42. The zero-order valence-electron chi connectivity index (χ0n) is 19.5. The second-order valence-corrected chi connectivity index (χ2v) is 11.1. The predicted molar refractivity (Wildman–Crippen MR) is 131 cm³/mol. The minimum Gasteiger partial charge on any atom is -0.350 e. The Kier molecular flexibility index (Phi) is 6.91. The molecule has 2 unspecified atom stereocenters. The average molecular weight is 482 g/mol. The molecule has 2 aromatic carbocycles. The molecule has 0 bridgehead atoms. The minimum atomic E-state index is -3.75. The van der Waals surface area contributed by atoms with Gasteiger partial charge in [-0.05, 0) is 81.0 Å². The number of benzene rings is 2. The van der Waals surface area contributed by atoms with Gasteiger partial charge in [-0.3, -0.25) is 9.59 Å². The van der Waals surface area contributed by atoms with E-state index >= 15 is 0 Å². The lowest BCUT2D eigenvalue weighted by Gasteiger charge is -2.41. The van der Waals surface area contributed by atoms with Gasteiger partial charge in [-0.1, -0.05) is 30.8 Å². The number of hydrogen-bond donors (Lipinski definition) is 2. The van der Waals surface area contributed by atoms with E-state index in [4.69, 9.17) is 0 Å². The molecule has 0 saturated carbocycles. The van der Waals surface area contributed by atoms with Crippen LogP contribution in [-0.4, -0.2) is 48.7 Å². The lowest BCUT2D eigenvalue weighted by Crippen LogP contribution is -2.54. The van der Waals surface area contributed by atoms with E-state index in [9.17, 15) is 18.0 Å². The molecule has 7 nitrogen and oxygen atoms in total. The molecule has 8 heteroatoms. The van der Waals surface area contributed by atoms with Crippen molar-refractivity contribution in [2.45, 2.75) is 68.6 Å². The summed E-state index contributed by atoms with van der Waals surface area (Å²) in [6.45, 7) is 7.17. The van der Waals surface area contributed by atoms with Gasteiger partial charge in [0.25, 0.3) is 5.91 Å². The SMILES string of the molecule is C=CC(=O)NC1CC(C)N(S(=O)(=O)c2ccc(C(=O)NC3Cc4ccccc4C3)cc2)C(C)C1. The summed E-state index contributed by atoms with van der Waals surface area (Å²) in [4.78, 5) is 24.6. The van der Waals surface area contributed by atoms with Gasteiger partial charge >= 0.3 is 0 Å². The summed E-state index contributed by atoms with van der Waals surface area (Å²) in [7, 11) is -3.75. The lowest BCUT2D eigenvalue weighted by atomic mass is 9.95. The molecule has 1 aliphatic carbocycles. The average Bonchev–Trinajstić information content (AvgIpc) is 3.20. The number of sulfonamides is 1. The summed E-state index contributed by atoms with van der Waals surface area (Å²) in [6, 6.07) is 13.7. The number of rotatable bonds is 6. The second-order valence-electron chi connectivity index (χ2n) is 9.29. The van der Waals surface area contributed by atoms with Crippen LogP contribution in [0.5, 0.6) is 0 Å². The summed E-state index contributed by atoms with van der Waals surface area (Å²) >= 11 is 0. The number of amides is 2. The third kappa shape index (κ3) is 4.93. The molecule has 1 heterocycles. The number of fused-ring (bicyclic) bond motifs is 1. The number of carbonyl (C=O) groups is 2. The maximum Gasteiger partial charge on any atom is 0.251 e. The predicted octanol–water partition coefficient (Wildman–Crippen LogP) is 2.82. The second kappa shape index (κ2) is 9.72. The third-order valence-corrected chi connectivity index (χ3v) is 8.87. The van der Waals surface area contributed by atoms with E-state index in [1.165, 1.54) is 33.6 Å². The van der Waals surface area contributed by atoms with Crippen molar-refractivity contribution in [1.29, 1.82) is 0 Å². The molecule has 0 aromatic heterocycles. The van der Waals surface area contributed by atoms with Crippen LogP contribution in [0.2, 0.25) is 0 Å². The van der Waals surface area contributed by atoms with Gasteiger partial charge in [0.2, 0.25) is 15.9 Å². The van der Waals surface area contributed by atoms with Gasteiger partial charge < -0.3 is 10.6 Å². The Morgan fingerprint density at radius 3 is 2.00 bits per heavy atom. The molecule has 2 atom stereocenters. The molecule has 2 aromatic rings. The molecular weight excluding hydrogens is 450 g/mol. The normalized spacial score (nSPS) is 23.2. The fraction of sp³-hybridized carbons (Fsp3) is 0.385. The number of piperidine rings is 1. The highest BCUT2D eigenvalue weighted by molar-refractivity contribution is 7.89. The van der Waals surface area contributed by atoms with Crippen LogP contribution in [0, 0.1) is 0 Å². The summed E-state index contributed by atoms with van der Waals surface area (Å²) in [5.41, 5.74) is 2.94. The summed E-state index contributed by atoms with van der Waals surface area (Å²) in [5.74, 6) is -0.460. The third-order valence-electron chi connectivity index (χ3n) is 6.73. The monoisotopic (exact) mass is 481 g/mol. The topological polar surface area (TPSA) is 95.6 Å². The van der Waals surface area contributed by atoms with Crippen molar-refractivity contribution in [3.05, 3.63) is 77.9 Å². The van der Waals surface area contributed by atoms with E-state index in [1.54, 1.807) is 12.1 Å². The van der Waals surface area contributed by atoms with Crippen molar-refractivity contribution in [1.82, 2.24) is 14.9 Å². The van der Waals surface area contributed by atoms with E-state index in [1.807, 2.05) is 26.0 Å². The summed E-state index contributed by atoms with van der Waals surface area (Å²) < 4.78 is 28.3. The van der Waals surface area contributed by atoms with Crippen LogP contribution in [0.15, 0.2) is 66.1 Å². The van der Waals surface area contributed by atoms with Gasteiger partial charge in [-0.25, -0.2) is 8.42 Å². The zero-order chi connectivity index (χ0) is 24.5. The summed E-state index contributed by atoms with van der Waals surface area (Å²) in [5, 5.41) is 5.94. The molecule has 1 aliphatic heterocycles. The first-order valence-electron chi connectivity index (χ1n) is 11.6. The molecule has 2 N–H and O–H groups in total. The summed E-state index contributed by atoms with van der Waals surface area (Å²) in [6.07, 6.45) is 3.86. The van der Waals surface area contributed by atoms with Crippen molar-refractivity contribution in [2.75, 3.05) is 0 Å². The Hall–Kier alpha value is -2.97. The van der Waals surface area contributed by atoms with Gasteiger partial charge in [-0.2, -0.15) is 4.31 Å². The lowest BCUT2D eigenvalue weighted by molar-refractivity contribution is -0.117. The molecule has 0 radical (unpaired) electrons. The van der Waals surface area contributed by atoms with E-state index in [2.05, 4.69) is 29.3 Å². The molecular formula is C26H31N3O4S. The van der Waals surface area contributed by atoms with Gasteiger partial charge in [-0.15, -0.1) is 0 Å². The van der Waals surface area contributed by atoms with Crippen molar-refractivity contribution < 1.29 is 18.0 Å². The van der Waals surface area contributed by atoms with Crippen LogP contribution in [0.3, 0.4) is 0 Å². The standard InChI is InChI=1S/C26H31N3O4S/c1-4-25(30)27-22-13-17(2)29(18(3)14-22)34(32,33)24-11-9-19(10-12-24)26(31)28-23-15-20-7-5-6-8-21(20)16-23/h4-12,17-18,22-23H,1,13-16H2,2-3H3,(H,27,30)(H,28,31). The molecule has 1 saturated heterocycles. The number of nitrogens with zero attached hydrogens (tertiary/aromatic N) is 1. The largest absolute Gasteiger partial charge is 0.350 e. The smallest absolute Gasteiger partial charge is 0.251 e. The van der Waals surface area contributed by atoms with E-state index in [0.717, 1.165) is 12.8 Å². The Morgan fingerprint density at radius 2 is 1.47 bits per heavy atom. The van der Waals surface area contributed by atoms with Gasteiger partial charge in [0.1, 0.15) is 0 Å². The highest BCUT2D eigenvalue weighted by atomic mass is 32.2. The fourth-order valence-electron chi connectivity index (χ4n) is 5.24. The molecule has 0 spiro atoms. The Morgan fingerprint density at radius 1 is 0.912 bits per heavy atom. The maximum absolute atomic E-state index is 13.4. The first kappa shape index (κ1) is 24.2. The van der Waals surface area contributed by atoms with Crippen LogP contribution in [0.4, 0.5) is 0 Å². The highest BCUT2D eigenvalue weighted by Gasteiger charge is 2.39. The fourth-order valence-corrected chi connectivity index (χ4v) is 7.09. The molecule has 34 heavy (non-hydrogen) atoms. The van der Waals surface area contributed by atoms with Gasteiger partial charge in [0, 0.05) is 29.7 Å². The Labute approximate surface area is 201 Å². The van der Waals surface area contributed by atoms with Crippen LogP contribution < -0.4 is 10.6 Å². The molecule has 4 rings (SSSR count). The number of nitrogens with one attached hydrogen (secondary N) is 2. The van der Waals surface area contributed by atoms with E-state index < -0.39 is 10.0 Å². The molecule has 1 fully saturated rings. The van der Waals surface area contributed by atoms with Crippen LogP contribution >= 0.6 is 0 Å². The minimum absolute atomic E-state index is 0.0397. The van der Waals surface area contributed by atoms with Crippen molar-refractivity contribution in [3.63, 3.8) is 0 Å². The molecule has 2 amide bonds. The maximum atomic E-state index is 13.4. The van der Waals surface area contributed by atoms with Crippen LogP contribution in [0.25, 0.3) is 0 Å².